The van der Waals surface area contributed by atoms with Crippen molar-refractivity contribution in [1.29, 1.82) is 0 Å². The molecule has 1 aromatic carbocycles. The predicted molar refractivity (Wildman–Crippen MR) is 86.4 cm³/mol. The molecule has 6 nitrogen and oxygen atoms in total. The highest BCUT2D eigenvalue weighted by atomic mass is 16.3. The van der Waals surface area contributed by atoms with Gasteiger partial charge < -0.3 is 10.0 Å². The number of likely N-dealkylation sites (tertiary alicyclic amines) is 1. The van der Waals surface area contributed by atoms with Gasteiger partial charge in [0, 0.05) is 25.1 Å². The molecule has 1 fully saturated rings. The number of aliphatic hydroxyl groups excluding tert-OH is 1. The van der Waals surface area contributed by atoms with Gasteiger partial charge in [-0.3, -0.25) is 4.79 Å². The molecule has 1 N–H and O–H groups in total. The van der Waals surface area contributed by atoms with E-state index in [4.69, 9.17) is 0 Å². The number of hydrogen-bond donors (Lipinski definition) is 1. The van der Waals surface area contributed by atoms with E-state index >= 15 is 0 Å². The topological polar surface area (TPSA) is 71.2 Å². The summed E-state index contributed by atoms with van der Waals surface area (Å²) in [6.45, 7) is 4.82. The van der Waals surface area contributed by atoms with Crippen molar-refractivity contribution >= 4 is 5.91 Å². The van der Waals surface area contributed by atoms with Crippen molar-refractivity contribution in [3.05, 3.63) is 41.7 Å². The molecule has 0 unspecified atom stereocenters. The molecule has 6 heteroatoms. The Bertz CT molecular complexity index is 684. The van der Waals surface area contributed by atoms with E-state index in [1.807, 2.05) is 36.9 Å². The lowest BCUT2D eigenvalue weighted by Gasteiger charge is -2.39. The second kappa shape index (κ2) is 6.50. The van der Waals surface area contributed by atoms with Gasteiger partial charge in [-0.1, -0.05) is 11.6 Å². The molecule has 0 spiro atoms. The van der Waals surface area contributed by atoms with Crippen LogP contribution in [0.25, 0.3) is 5.69 Å². The summed E-state index contributed by atoms with van der Waals surface area (Å²) in [5, 5.41) is 17.8. The Morgan fingerprint density at radius 3 is 2.78 bits per heavy atom. The number of nitrogens with zero attached hydrogens (tertiary/aromatic N) is 4. The van der Waals surface area contributed by atoms with E-state index < -0.39 is 0 Å². The van der Waals surface area contributed by atoms with Crippen molar-refractivity contribution in [2.45, 2.75) is 32.7 Å². The van der Waals surface area contributed by atoms with Gasteiger partial charge in [0.2, 0.25) is 0 Å². The Morgan fingerprint density at radius 1 is 1.35 bits per heavy atom. The Morgan fingerprint density at radius 2 is 2.09 bits per heavy atom. The molecule has 2 heterocycles. The maximum absolute atomic E-state index is 13.1. The molecule has 0 aliphatic carbocycles. The van der Waals surface area contributed by atoms with Gasteiger partial charge >= 0.3 is 0 Å². The zero-order valence-corrected chi connectivity index (χ0v) is 13.5. The van der Waals surface area contributed by atoms with E-state index in [1.165, 1.54) is 4.80 Å². The molecule has 3 rings (SSSR count). The molecule has 2 atom stereocenters. The average Bonchev–Trinajstić information content (AvgIpc) is 3.08. The summed E-state index contributed by atoms with van der Waals surface area (Å²) in [5.41, 5.74) is 2.31. The number of hydrogen-bond acceptors (Lipinski definition) is 4. The molecule has 0 saturated carbocycles. The standard InChI is InChI=1S/C17H22N4O2/c1-12-5-6-16(21-18-7-8-19-21)15(10-12)17(23)20-9-3-4-14(11-22)13(20)2/h5-8,10,13-14,22H,3-4,9,11H2,1-2H3/t13-,14-/m0/s1. The van der Waals surface area contributed by atoms with Gasteiger partial charge in [0.25, 0.3) is 5.91 Å². The first kappa shape index (κ1) is 15.7. The monoisotopic (exact) mass is 314 g/mol. The summed E-state index contributed by atoms with van der Waals surface area (Å²) in [6, 6.07) is 5.74. The third kappa shape index (κ3) is 2.99. The number of carbonyl (C=O) groups excluding carboxylic acids is 1. The van der Waals surface area contributed by atoms with Crippen LogP contribution in [0, 0.1) is 12.8 Å². The number of amides is 1. The smallest absolute Gasteiger partial charge is 0.256 e. The van der Waals surface area contributed by atoms with Gasteiger partial charge in [0.15, 0.2) is 0 Å². The molecule has 1 aromatic heterocycles. The highest BCUT2D eigenvalue weighted by Gasteiger charge is 2.32. The molecule has 0 bridgehead atoms. The van der Waals surface area contributed by atoms with E-state index in [2.05, 4.69) is 10.2 Å². The van der Waals surface area contributed by atoms with E-state index in [0.29, 0.717) is 11.3 Å². The van der Waals surface area contributed by atoms with Crippen molar-refractivity contribution < 1.29 is 9.90 Å². The summed E-state index contributed by atoms with van der Waals surface area (Å²) < 4.78 is 0. The van der Waals surface area contributed by atoms with Crippen molar-refractivity contribution in [1.82, 2.24) is 19.9 Å². The molecular weight excluding hydrogens is 292 g/mol. The minimum atomic E-state index is -0.0216. The van der Waals surface area contributed by atoms with Crippen LogP contribution >= 0.6 is 0 Å². The van der Waals surface area contributed by atoms with Crippen LogP contribution in [0.2, 0.25) is 0 Å². The highest BCUT2D eigenvalue weighted by molar-refractivity contribution is 5.98. The lowest BCUT2D eigenvalue weighted by Crippen LogP contribution is -2.48. The number of piperidine rings is 1. The van der Waals surface area contributed by atoms with E-state index in [9.17, 15) is 9.90 Å². The Balaban J connectivity index is 1.97. The van der Waals surface area contributed by atoms with Crippen LogP contribution in [0.3, 0.4) is 0 Å². The fourth-order valence-electron chi connectivity index (χ4n) is 3.24. The van der Waals surface area contributed by atoms with Gasteiger partial charge in [0.05, 0.1) is 23.6 Å². The third-order valence-electron chi connectivity index (χ3n) is 4.66. The summed E-state index contributed by atoms with van der Waals surface area (Å²) in [7, 11) is 0. The molecule has 23 heavy (non-hydrogen) atoms. The van der Waals surface area contributed by atoms with Gasteiger partial charge in [-0.05, 0) is 38.8 Å². The summed E-state index contributed by atoms with van der Waals surface area (Å²) in [5.74, 6) is 0.121. The Labute approximate surface area is 135 Å². The number of aliphatic hydroxyl groups is 1. The first-order valence-corrected chi connectivity index (χ1v) is 8.01. The summed E-state index contributed by atoms with van der Waals surface area (Å²) >= 11 is 0. The van der Waals surface area contributed by atoms with Crippen LogP contribution in [0.4, 0.5) is 0 Å². The summed E-state index contributed by atoms with van der Waals surface area (Å²) in [6.07, 6.45) is 5.07. The third-order valence-corrected chi connectivity index (χ3v) is 4.66. The maximum Gasteiger partial charge on any atom is 0.256 e. The predicted octanol–water partition coefficient (Wildman–Crippen LogP) is 1.81. The molecule has 1 aliphatic heterocycles. The molecule has 122 valence electrons. The normalized spacial score (nSPS) is 21.4. The fourth-order valence-corrected chi connectivity index (χ4v) is 3.24. The van der Waals surface area contributed by atoms with Gasteiger partial charge in [-0.15, -0.1) is 0 Å². The molecule has 0 radical (unpaired) electrons. The number of carbonyl (C=O) groups is 1. The van der Waals surface area contributed by atoms with Crippen molar-refractivity contribution in [3.63, 3.8) is 0 Å². The van der Waals surface area contributed by atoms with Gasteiger partial charge in [-0.2, -0.15) is 15.0 Å². The van der Waals surface area contributed by atoms with Crippen LogP contribution in [-0.4, -0.2) is 50.1 Å². The lowest BCUT2D eigenvalue weighted by molar-refractivity contribution is 0.0428. The largest absolute Gasteiger partial charge is 0.396 e. The van der Waals surface area contributed by atoms with Gasteiger partial charge in [0.1, 0.15) is 0 Å². The van der Waals surface area contributed by atoms with Crippen LogP contribution < -0.4 is 0 Å². The number of benzene rings is 1. The van der Waals surface area contributed by atoms with Gasteiger partial charge in [-0.25, -0.2) is 0 Å². The summed E-state index contributed by atoms with van der Waals surface area (Å²) in [4.78, 5) is 16.5. The average molecular weight is 314 g/mol. The first-order chi connectivity index (χ1) is 11.1. The fraction of sp³-hybridized carbons (Fsp3) is 0.471. The first-order valence-electron chi connectivity index (χ1n) is 8.01. The second-order valence-corrected chi connectivity index (χ2v) is 6.16. The van der Waals surface area contributed by atoms with E-state index in [0.717, 1.165) is 24.9 Å². The van der Waals surface area contributed by atoms with Crippen LogP contribution in [0.15, 0.2) is 30.6 Å². The molecule has 1 aliphatic rings. The maximum atomic E-state index is 13.1. The quantitative estimate of drug-likeness (QED) is 0.938. The zero-order chi connectivity index (χ0) is 16.4. The zero-order valence-electron chi connectivity index (χ0n) is 13.5. The molecular formula is C17H22N4O2. The van der Waals surface area contributed by atoms with E-state index in [1.54, 1.807) is 12.4 Å². The number of aryl methyl sites for hydroxylation is 1. The Kier molecular flexibility index (Phi) is 4.43. The lowest BCUT2D eigenvalue weighted by atomic mass is 9.90. The number of aromatic nitrogens is 3. The van der Waals surface area contributed by atoms with Crippen LogP contribution in [0.5, 0.6) is 0 Å². The van der Waals surface area contributed by atoms with Crippen LogP contribution in [0.1, 0.15) is 35.7 Å². The molecule has 2 aromatic rings. The second-order valence-electron chi connectivity index (χ2n) is 6.16. The van der Waals surface area contributed by atoms with E-state index in [-0.39, 0.29) is 24.5 Å². The minimum absolute atomic E-state index is 0.0216. The Hall–Kier alpha value is -2.21. The SMILES string of the molecule is Cc1ccc(-n2nccn2)c(C(=O)N2CCC[C@@H](CO)[C@@H]2C)c1. The molecule has 1 amide bonds. The van der Waals surface area contributed by atoms with Crippen LogP contribution in [-0.2, 0) is 0 Å². The minimum Gasteiger partial charge on any atom is -0.396 e. The van der Waals surface area contributed by atoms with Crippen molar-refractivity contribution in [3.8, 4) is 5.69 Å². The number of rotatable bonds is 3. The van der Waals surface area contributed by atoms with Crippen molar-refractivity contribution in [2.24, 2.45) is 5.92 Å². The molecule has 1 saturated heterocycles. The van der Waals surface area contributed by atoms with Crippen molar-refractivity contribution in [2.75, 3.05) is 13.2 Å². The highest BCUT2D eigenvalue weighted by Crippen LogP contribution is 2.26.